The summed E-state index contributed by atoms with van der Waals surface area (Å²) in [5, 5.41) is 6.91. The van der Waals surface area contributed by atoms with Crippen LogP contribution in [-0.2, 0) is 16.3 Å². The standard InChI is InChI=1S/C13H15N3O3S/c17-20(18)8-6-11(10-3-1-2-4-12(10)20)14-7-5-13-15-9-16-19-13/h1-4,9,11,14H,5-8H2. The smallest absolute Gasteiger partial charge is 0.227 e. The van der Waals surface area contributed by atoms with Gasteiger partial charge < -0.3 is 9.84 Å². The molecule has 0 spiro atoms. The number of nitrogens with one attached hydrogen (secondary N) is 1. The van der Waals surface area contributed by atoms with Crippen molar-refractivity contribution in [2.24, 2.45) is 0 Å². The summed E-state index contributed by atoms with van der Waals surface area (Å²) in [6.07, 6.45) is 2.59. The summed E-state index contributed by atoms with van der Waals surface area (Å²) in [6, 6.07) is 7.23. The summed E-state index contributed by atoms with van der Waals surface area (Å²) in [4.78, 5) is 4.40. The van der Waals surface area contributed by atoms with Crippen LogP contribution in [0.3, 0.4) is 0 Å². The van der Waals surface area contributed by atoms with E-state index in [9.17, 15) is 8.42 Å². The molecule has 20 heavy (non-hydrogen) atoms. The van der Waals surface area contributed by atoms with Crippen molar-refractivity contribution in [1.82, 2.24) is 15.5 Å². The van der Waals surface area contributed by atoms with Gasteiger partial charge >= 0.3 is 0 Å². The Bertz CT molecular complexity index is 683. The first-order valence-corrected chi connectivity index (χ1v) is 8.13. The van der Waals surface area contributed by atoms with Gasteiger partial charge in [0.2, 0.25) is 5.89 Å². The number of sulfone groups is 1. The van der Waals surface area contributed by atoms with Crippen LogP contribution in [0.25, 0.3) is 0 Å². The fourth-order valence-electron chi connectivity index (χ4n) is 2.46. The summed E-state index contributed by atoms with van der Waals surface area (Å²) < 4.78 is 29.0. The molecule has 1 aromatic carbocycles. The van der Waals surface area contributed by atoms with Crippen LogP contribution in [-0.4, -0.2) is 30.9 Å². The summed E-state index contributed by atoms with van der Waals surface area (Å²) in [5.74, 6) is 0.761. The van der Waals surface area contributed by atoms with E-state index in [0.717, 1.165) is 5.56 Å². The van der Waals surface area contributed by atoms with E-state index in [1.165, 1.54) is 6.33 Å². The zero-order valence-electron chi connectivity index (χ0n) is 10.8. The summed E-state index contributed by atoms with van der Waals surface area (Å²) in [7, 11) is -3.12. The molecule has 0 aliphatic carbocycles. The van der Waals surface area contributed by atoms with Gasteiger partial charge in [0.25, 0.3) is 0 Å². The molecule has 0 radical (unpaired) electrons. The molecule has 1 aliphatic heterocycles. The monoisotopic (exact) mass is 293 g/mol. The average Bonchev–Trinajstić information content (AvgIpc) is 2.95. The first kappa shape index (κ1) is 13.3. The molecule has 1 aromatic heterocycles. The number of hydrogen-bond donors (Lipinski definition) is 1. The van der Waals surface area contributed by atoms with E-state index in [0.29, 0.717) is 30.2 Å². The second-order valence-electron chi connectivity index (χ2n) is 4.74. The van der Waals surface area contributed by atoms with Gasteiger partial charge in [-0.05, 0) is 18.1 Å². The lowest BCUT2D eigenvalue weighted by Crippen LogP contribution is -2.31. The third-order valence-electron chi connectivity index (χ3n) is 3.44. The second kappa shape index (κ2) is 5.34. The van der Waals surface area contributed by atoms with Crippen LogP contribution in [0, 0.1) is 0 Å². The molecule has 0 saturated carbocycles. The molecule has 2 aromatic rings. The molecule has 0 saturated heterocycles. The number of aromatic nitrogens is 2. The van der Waals surface area contributed by atoms with Crippen LogP contribution >= 0.6 is 0 Å². The molecule has 7 heteroatoms. The Morgan fingerprint density at radius 3 is 3.00 bits per heavy atom. The van der Waals surface area contributed by atoms with Crippen molar-refractivity contribution >= 4 is 9.84 Å². The maximum atomic E-state index is 12.0. The van der Waals surface area contributed by atoms with Gasteiger partial charge in [0.15, 0.2) is 16.2 Å². The molecule has 1 aliphatic rings. The molecule has 1 atom stereocenters. The maximum Gasteiger partial charge on any atom is 0.227 e. The topological polar surface area (TPSA) is 85.1 Å². The van der Waals surface area contributed by atoms with E-state index >= 15 is 0 Å². The highest BCUT2D eigenvalue weighted by Gasteiger charge is 2.29. The van der Waals surface area contributed by atoms with Crippen LogP contribution in [0.4, 0.5) is 0 Å². The molecule has 106 valence electrons. The van der Waals surface area contributed by atoms with Crippen molar-refractivity contribution in [3.63, 3.8) is 0 Å². The highest BCUT2D eigenvalue weighted by Crippen LogP contribution is 2.31. The van der Waals surface area contributed by atoms with Crippen molar-refractivity contribution < 1.29 is 12.9 Å². The lowest BCUT2D eigenvalue weighted by atomic mass is 10.0. The Hall–Kier alpha value is -1.73. The van der Waals surface area contributed by atoms with Gasteiger partial charge in [0, 0.05) is 19.0 Å². The molecule has 2 heterocycles. The Morgan fingerprint density at radius 1 is 1.35 bits per heavy atom. The molecule has 1 N–H and O–H groups in total. The Morgan fingerprint density at radius 2 is 2.20 bits per heavy atom. The Kier molecular flexibility index (Phi) is 3.54. The number of nitrogens with zero attached hydrogens (tertiary/aromatic N) is 2. The van der Waals surface area contributed by atoms with Crippen LogP contribution in [0.15, 0.2) is 40.0 Å². The van der Waals surface area contributed by atoms with E-state index in [1.807, 2.05) is 12.1 Å². The van der Waals surface area contributed by atoms with E-state index in [4.69, 9.17) is 4.52 Å². The predicted molar refractivity (Wildman–Crippen MR) is 71.9 cm³/mol. The molecule has 6 nitrogen and oxygen atoms in total. The molecular weight excluding hydrogens is 278 g/mol. The first-order chi connectivity index (χ1) is 9.67. The normalized spacial score (nSPS) is 20.5. The molecule has 0 bridgehead atoms. The third kappa shape index (κ3) is 2.59. The van der Waals surface area contributed by atoms with Gasteiger partial charge in [0.1, 0.15) is 0 Å². The lowest BCUT2D eigenvalue weighted by Gasteiger charge is -2.26. The quantitative estimate of drug-likeness (QED) is 0.909. The van der Waals surface area contributed by atoms with Crippen LogP contribution in [0.2, 0.25) is 0 Å². The predicted octanol–water partition coefficient (Wildman–Crippen LogP) is 1.12. The van der Waals surface area contributed by atoms with Gasteiger partial charge in [0.05, 0.1) is 10.6 Å². The summed E-state index contributed by atoms with van der Waals surface area (Å²) >= 11 is 0. The van der Waals surface area contributed by atoms with Crippen molar-refractivity contribution in [3.8, 4) is 0 Å². The average molecular weight is 293 g/mol. The second-order valence-corrected chi connectivity index (χ2v) is 6.81. The number of fused-ring (bicyclic) bond motifs is 1. The van der Waals surface area contributed by atoms with E-state index in [2.05, 4.69) is 15.5 Å². The van der Waals surface area contributed by atoms with Crippen LogP contribution in [0.5, 0.6) is 0 Å². The molecule has 0 fully saturated rings. The molecule has 1 unspecified atom stereocenters. The minimum absolute atomic E-state index is 0.0534. The minimum Gasteiger partial charge on any atom is -0.340 e. The van der Waals surface area contributed by atoms with Crippen molar-refractivity contribution in [2.75, 3.05) is 12.3 Å². The highest BCUT2D eigenvalue weighted by molar-refractivity contribution is 7.91. The fraction of sp³-hybridized carbons (Fsp3) is 0.385. The highest BCUT2D eigenvalue weighted by atomic mass is 32.2. The SMILES string of the molecule is O=S1(=O)CCC(NCCc2ncno2)c2ccccc21. The van der Waals surface area contributed by atoms with E-state index in [1.54, 1.807) is 12.1 Å². The van der Waals surface area contributed by atoms with Gasteiger partial charge in [-0.2, -0.15) is 4.98 Å². The van der Waals surface area contributed by atoms with Gasteiger partial charge in [-0.15, -0.1) is 0 Å². The first-order valence-electron chi connectivity index (χ1n) is 6.47. The molecule has 0 amide bonds. The Balaban J connectivity index is 1.72. The van der Waals surface area contributed by atoms with Gasteiger partial charge in [-0.25, -0.2) is 8.42 Å². The third-order valence-corrected chi connectivity index (χ3v) is 5.26. The van der Waals surface area contributed by atoms with Crippen LogP contribution < -0.4 is 5.32 Å². The fourth-order valence-corrected chi connectivity index (χ4v) is 4.08. The number of rotatable bonds is 4. The number of hydrogen-bond acceptors (Lipinski definition) is 6. The van der Waals surface area contributed by atoms with Crippen molar-refractivity contribution in [2.45, 2.75) is 23.8 Å². The number of benzene rings is 1. The summed E-state index contributed by atoms with van der Waals surface area (Å²) in [6.45, 7) is 0.668. The van der Waals surface area contributed by atoms with Gasteiger partial charge in [-0.1, -0.05) is 23.4 Å². The van der Waals surface area contributed by atoms with Crippen molar-refractivity contribution in [3.05, 3.63) is 42.0 Å². The lowest BCUT2D eigenvalue weighted by molar-refractivity contribution is 0.370. The van der Waals surface area contributed by atoms with Crippen molar-refractivity contribution in [1.29, 1.82) is 0 Å². The zero-order chi connectivity index (χ0) is 14.0. The zero-order valence-corrected chi connectivity index (χ0v) is 11.6. The van der Waals surface area contributed by atoms with Crippen LogP contribution in [0.1, 0.15) is 23.9 Å². The van der Waals surface area contributed by atoms with E-state index < -0.39 is 9.84 Å². The maximum absolute atomic E-state index is 12.0. The summed E-state index contributed by atoms with van der Waals surface area (Å²) in [5.41, 5.74) is 0.851. The Labute approximate surface area is 117 Å². The van der Waals surface area contributed by atoms with E-state index in [-0.39, 0.29) is 11.8 Å². The van der Waals surface area contributed by atoms with Gasteiger partial charge in [-0.3, -0.25) is 0 Å². The largest absolute Gasteiger partial charge is 0.340 e. The minimum atomic E-state index is -3.12. The molecular formula is C13H15N3O3S. The molecule has 3 rings (SSSR count).